The van der Waals surface area contributed by atoms with Crippen molar-refractivity contribution in [1.29, 1.82) is 0 Å². The normalized spacial score (nSPS) is 12.1. The van der Waals surface area contributed by atoms with Crippen LogP contribution in [0.3, 0.4) is 0 Å². The highest BCUT2D eigenvalue weighted by atomic mass is 35.5. The molecule has 0 fully saturated rings. The number of rotatable bonds is 8. The van der Waals surface area contributed by atoms with E-state index in [0.717, 1.165) is 29.3 Å². The van der Waals surface area contributed by atoms with Crippen LogP contribution in [0.4, 0.5) is 0 Å². The predicted molar refractivity (Wildman–Crippen MR) is 123 cm³/mol. The quantitative estimate of drug-likeness (QED) is 0.413. The number of hydrogen-bond donors (Lipinski definition) is 1. The number of fused-ring (bicyclic) bond motifs is 1. The van der Waals surface area contributed by atoms with Gasteiger partial charge in [-0.1, -0.05) is 80.6 Å². The number of amides is 1. The highest BCUT2D eigenvalue weighted by molar-refractivity contribution is 6.42. The molecule has 0 saturated heterocycles. The molecule has 1 N–H and O–H groups in total. The Hall–Kier alpha value is -2.10. The first kappa shape index (κ1) is 21.6. The number of pyridine rings is 1. The Morgan fingerprint density at radius 3 is 2.59 bits per heavy atom. The molecule has 3 rings (SSSR count). The average molecular weight is 429 g/mol. The van der Waals surface area contributed by atoms with Crippen molar-refractivity contribution in [2.24, 2.45) is 5.92 Å². The van der Waals surface area contributed by atoms with Crippen LogP contribution in [-0.4, -0.2) is 17.4 Å². The van der Waals surface area contributed by atoms with E-state index in [1.807, 2.05) is 36.4 Å². The second kappa shape index (κ2) is 10.1. The first-order valence-corrected chi connectivity index (χ1v) is 10.9. The Bertz CT molecular complexity index is 1000. The van der Waals surface area contributed by atoms with Crippen molar-refractivity contribution in [3.63, 3.8) is 0 Å². The van der Waals surface area contributed by atoms with Crippen LogP contribution in [0.1, 0.15) is 49.9 Å². The van der Waals surface area contributed by atoms with Crippen LogP contribution in [0, 0.1) is 5.92 Å². The molecular formula is C24H26Cl2N2O. The number of aromatic nitrogens is 1. The van der Waals surface area contributed by atoms with Crippen LogP contribution in [0.5, 0.6) is 0 Å². The maximum Gasteiger partial charge on any atom is 0.252 e. The molecule has 0 spiro atoms. The van der Waals surface area contributed by atoms with E-state index in [1.165, 1.54) is 12.8 Å². The fraction of sp³-hybridized carbons (Fsp3) is 0.333. The van der Waals surface area contributed by atoms with Crippen molar-refractivity contribution in [1.82, 2.24) is 10.3 Å². The Kier molecular flexibility index (Phi) is 7.51. The highest BCUT2D eigenvalue weighted by Crippen LogP contribution is 2.30. The molecule has 0 radical (unpaired) electrons. The van der Waals surface area contributed by atoms with Gasteiger partial charge in [0.05, 0.1) is 26.8 Å². The van der Waals surface area contributed by atoms with Crippen LogP contribution >= 0.6 is 23.2 Å². The summed E-state index contributed by atoms with van der Waals surface area (Å²) in [6, 6.07) is 14.9. The van der Waals surface area contributed by atoms with Crippen LogP contribution < -0.4 is 5.32 Å². The molecule has 1 atom stereocenters. The number of para-hydroxylation sites is 1. The highest BCUT2D eigenvalue weighted by Gasteiger charge is 2.16. The van der Waals surface area contributed by atoms with Crippen molar-refractivity contribution in [3.05, 3.63) is 64.1 Å². The number of nitrogens with zero attached hydrogens (tertiary/aromatic N) is 1. The third-order valence-corrected chi connectivity index (χ3v) is 6.01. The summed E-state index contributed by atoms with van der Waals surface area (Å²) in [7, 11) is 0. The van der Waals surface area contributed by atoms with Gasteiger partial charge in [-0.05, 0) is 36.6 Å². The largest absolute Gasteiger partial charge is 0.352 e. The number of halogens is 2. The number of nitrogens with one attached hydrogen (secondary N) is 1. The van der Waals surface area contributed by atoms with Gasteiger partial charge in [-0.2, -0.15) is 0 Å². The van der Waals surface area contributed by atoms with E-state index < -0.39 is 0 Å². The maximum atomic E-state index is 13.1. The van der Waals surface area contributed by atoms with Crippen LogP contribution in [0.25, 0.3) is 22.2 Å². The lowest BCUT2D eigenvalue weighted by Gasteiger charge is -2.16. The molecule has 0 aliphatic carbocycles. The minimum Gasteiger partial charge on any atom is -0.352 e. The van der Waals surface area contributed by atoms with Gasteiger partial charge in [-0.15, -0.1) is 0 Å². The smallest absolute Gasteiger partial charge is 0.252 e. The molecule has 0 aliphatic rings. The monoisotopic (exact) mass is 428 g/mol. The number of carbonyl (C=O) groups is 1. The number of carbonyl (C=O) groups excluding carboxylic acids is 1. The topological polar surface area (TPSA) is 42.0 Å². The molecule has 3 aromatic rings. The van der Waals surface area contributed by atoms with Gasteiger partial charge in [0.2, 0.25) is 0 Å². The lowest BCUT2D eigenvalue weighted by Crippen LogP contribution is -2.29. The van der Waals surface area contributed by atoms with Gasteiger partial charge < -0.3 is 5.32 Å². The summed E-state index contributed by atoms with van der Waals surface area (Å²) in [5, 5.41) is 4.94. The fourth-order valence-corrected chi connectivity index (χ4v) is 3.74. The number of benzene rings is 2. The molecule has 3 nitrogen and oxygen atoms in total. The molecule has 0 aliphatic heterocycles. The molecule has 1 heterocycles. The van der Waals surface area contributed by atoms with E-state index in [0.29, 0.717) is 33.8 Å². The SMILES string of the molecule is CCCCC(CC)CNC(=O)c1cc(-c2ccc(Cl)c(Cl)c2)nc2ccccc12. The van der Waals surface area contributed by atoms with E-state index in [9.17, 15) is 4.79 Å². The fourth-order valence-electron chi connectivity index (χ4n) is 3.44. The Balaban J connectivity index is 1.93. The second-order valence-corrected chi connectivity index (χ2v) is 8.14. The first-order valence-electron chi connectivity index (χ1n) is 10.2. The van der Waals surface area contributed by atoms with Gasteiger partial charge in [0.15, 0.2) is 0 Å². The summed E-state index contributed by atoms with van der Waals surface area (Å²) < 4.78 is 0. The summed E-state index contributed by atoms with van der Waals surface area (Å²) in [5.74, 6) is 0.432. The van der Waals surface area contributed by atoms with Crippen molar-refractivity contribution >= 4 is 40.0 Å². The third kappa shape index (κ3) is 5.29. The maximum absolute atomic E-state index is 13.1. The molecule has 0 bridgehead atoms. The molecule has 152 valence electrons. The zero-order valence-electron chi connectivity index (χ0n) is 16.8. The minimum atomic E-state index is -0.0696. The number of unbranched alkanes of at least 4 members (excludes halogenated alkanes) is 1. The van der Waals surface area contributed by atoms with E-state index in [-0.39, 0.29) is 5.91 Å². The Morgan fingerprint density at radius 2 is 1.86 bits per heavy atom. The van der Waals surface area contributed by atoms with Crippen molar-refractivity contribution < 1.29 is 4.79 Å². The zero-order chi connectivity index (χ0) is 20.8. The number of hydrogen-bond acceptors (Lipinski definition) is 2. The molecule has 1 unspecified atom stereocenters. The third-order valence-electron chi connectivity index (χ3n) is 5.27. The first-order chi connectivity index (χ1) is 14.0. The van der Waals surface area contributed by atoms with Gasteiger partial charge in [0, 0.05) is 17.5 Å². The summed E-state index contributed by atoms with van der Waals surface area (Å²) in [6.07, 6.45) is 4.56. The van der Waals surface area contributed by atoms with Crippen molar-refractivity contribution in [2.45, 2.75) is 39.5 Å². The molecular weight excluding hydrogens is 403 g/mol. The summed E-state index contributed by atoms with van der Waals surface area (Å²) in [5.41, 5.74) is 2.93. The van der Waals surface area contributed by atoms with Gasteiger partial charge >= 0.3 is 0 Å². The van der Waals surface area contributed by atoms with Gasteiger partial charge in [0.1, 0.15) is 0 Å². The molecule has 29 heavy (non-hydrogen) atoms. The van der Waals surface area contributed by atoms with Crippen molar-refractivity contribution in [3.8, 4) is 11.3 Å². The Labute approximate surface area is 182 Å². The van der Waals surface area contributed by atoms with E-state index in [1.54, 1.807) is 12.1 Å². The second-order valence-electron chi connectivity index (χ2n) is 7.33. The van der Waals surface area contributed by atoms with E-state index >= 15 is 0 Å². The minimum absolute atomic E-state index is 0.0696. The molecule has 1 aromatic heterocycles. The van der Waals surface area contributed by atoms with Crippen LogP contribution in [0.2, 0.25) is 10.0 Å². The van der Waals surface area contributed by atoms with E-state index in [4.69, 9.17) is 28.2 Å². The summed E-state index contributed by atoms with van der Waals surface area (Å²) >= 11 is 12.2. The standard InChI is InChI=1S/C24H26Cl2N2O/c1-3-5-8-16(4-2)15-27-24(29)19-14-23(17-11-12-20(25)21(26)13-17)28-22-10-7-6-9-18(19)22/h6-7,9-14,16H,3-5,8,15H2,1-2H3,(H,27,29). The molecule has 0 saturated carbocycles. The lowest BCUT2D eigenvalue weighted by atomic mass is 9.99. The average Bonchev–Trinajstić information content (AvgIpc) is 2.74. The predicted octanol–water partition coefficient (Wildman–Crippen LogP) is 7.15. The van der Waals surface area contributed by atoms with Gasteiger partial charge in [0.25, 0.3) is 5.91 Å². The summed E-state index contributed by atoms with van der Waals surface area (Å²) in [6.45, 7) is 5.06. The molecule has 1 amide bonds. The molecule has 2 aromatic carbocycles. The molecule has 5 heteroatoms. The lowest BCUT2D eigenvalue weighted by molar-refractivity contribution is 0.0947. The Morgan fingerprint density at radius 1 is 1.07 bits per heavy atom. The zero-order valence-corrected chi connectivity index (χ0v) is 18.4. The van der Waals surface area contributed by atoms with Gasteiger partial charge in [-0.3, -0.25) is 4.79 Å². The van der Waals surface area contributed by atoms with Crippen molar-refractivity contribution in [2.75, 3.05) is 6.54 Å². The van der Waals surface area contributed by atoms with Crippen LogP contribution in [0.15, 0.2) is 48.5 Å². The van der Waals surface area contributed by atoms with Gasteiger partial charge in [-0.25, -0.2) is 4.98 Å². The summed E-state index contributed by atoms with van der Waals surface area (Å²) in [4.78, 5) is 17.8. The van der Waals surface area contributed by atoms with Crippen LogP contribution in [-0.2, 0) is 0 Å². The van der Waals surface area contributed by atoms with E-state index in [2.05, 4.69) is 19.2 Å².